The maximum absolute atomic E-state index is 2.56. The third kappa shape index (κ3) is 2.44. The van der Waals surface area contributed by atoms with Crippen LogP contribution >= 0.6 is 22.6 Å². The summed E-state index contributed by atoms with van der Waals surface area (Å²) in [5.41, 5.74) is 0. The van der Waals surface area contributed by atoms with Gasteiger partial charge in [0.25, 0.3) is 0 Å². The second-order valence-corrected chi connectivity index (χ2v) is 4.81. The van der Waals surface area contributed by atoms with E-state index in [1.807, 2.05) is 0 Å². The number of hydrogen-bond donors (Lipinski definition) is 0. The molecule has 2 heteroatoms. The molecule has 11 heavy (non-hydrogen) atoms. The maximum Gasteiger partial charge on any atom is 0.0595 e. The van der Waals surface area contributed by atoms with Crippen LogP contribution in [0.3, 0.4) is 0 Å². The number of halogens is 1. The molecule has 1 nitrogen and oxygen atoms in total. The summed E-state index contributed by atoms with van der Waals surface area (Å²) in [4.78, 5) is 2.56. The van der Waals surface area contributed by atoms with E-state index < -0.39 is 0 Å². The van der Waals surface area contributed by atoms with E-state index >= 15 is 0 Å². The Morgan fingerprint density at radius 1 is 1.73 bits per heavy atom. The quantitative estimate of drug-likeness (QED) is 0.321. The summed E-state index contributed by atoms with van der Waals surface area (Å²) in [5, 5.41) is 0. The summed E-state index contributed by atoms with van der Waals surface area (Å²) in [6, 6.07) is 0.690. The van der Waals surface area contributed by atoms with Crippen LogP contribution in [0.5, 0.6) is 0 Å². The van der Waals surface area contributed by atoms with Gasteiger partial charge in [-0.05, 0) is 19.8 Å². The van der Waals surface area contributed by atoms with Crippen molar-refractivity contribution < 1.29 is 0 Å². The minimum Gasteiger partial charge on any atom is -0.285 e. The van der Waals surface area contributed by atoms with Gasteiger partial charge in [0, 0.05) is 12.6 Å². The van der Waals surface area contributed by atoms with Gasteiger partial charge in [-0.3, -0.25) is 4.90 Å². The van der Waals surface area contributed by atoms with E-state index in [1.165, 1.54) is 19.4 Å². The highest BCUT2D eigenvalue weighted by Gasteiger charge is 2.19. The largest absolute Gasteiger partial charge is 0.285 e. The molecule has 64 valence electrons. The predicted octanol–water partition coefficient (Wildman–Crippen LogP) is 2.81. The zero-order chi connectivity index (χ0) is 8.27. The second-order valence-electron chi connectivity index (χ2n) is 3.00. The predicted molar refractivity (Wildman–Crippen MR) is 58.0 cm³/mol. The molecule has 1 aliphatic rings. The lowest BCUT2D eigenvalue weighted by Gasteiger charge is -2.33. The van der Waals surface area contributed by atoms with Gasteiger partial charge in [0.15, 0.2) is 0 Å². The van der Waals surface area contributed by atoms with Crippen molar-refractivity contribution in [2.24, 2.45) is 0 Å². The fourth-order valence-corrected chi connectivity index (χ4v) is 2.26. The number of rotatable bonds is 2. The molecule has 0 aromatic heterocycles. The van der Waals surface area contributed by atoms with Crippen LogP contribution in [0, 0.1) is 0 Å². The van der Waals surface area contributed by atoms with Crippen molar-refractivity contribution >= 4 is 22.6 Å². The van der Waals surface area contributed by atoms with Gasteiger partial charge < -0.3 is 0 Å². The lowest BCUT2D eigenvalue weighted by atomic mass is 10.1. The van der Waals surface area contributed by atoms with Crippen molar-refractivity contribution in [2.75, 3.05) is 6.54 Å². The molecule has 0 fully saturated rings. The van der Waals surface area contributed by atoms with Crippen LogP contribution in [0.4, 0.5) is 0 Å². The fraction of sp³-hybridized carbons (Fsp3) is 0.778. The van der Waals surface area contributed by atoms with Gasteiger partial charge in [0.1, 0.15) is 0 Å². The summed E-state index contributed by atoms with van der Waals surface area (Å²) in [7, 11) is 0. The molecule has 0 bridgehead atoms. The van der Waals surface area contributed by atoms with Crippen molar-refractivity contribution in [3.63, 3.8) is 0 Å². The van der Waals surface area contributed by atoms with E-state index in [9.17, 15) is 0 Å². The van der Waals surface area contributed by atoms with E-state index in [-0.39, 0.29) is 0 Å². The van der Waals surface area contributed by atoms with Gasteiger partial charge in [0.05, 0.1) is 4.05 Å². The number of alkyl halides is 1. The minimum absolute atomic E-state index is 0.669. The molecule has 0 N–H and O–H groups in total. The smallest absolute Gasteiger partial charge is 0.0595 e. The third-order valence-corrected chi connectivity index (χ3v) is 2.93. The molecule has 2 atom stereocenters. The van der Waals surface area contributed by atoms with Gasteiger partial charge in [-0.15, -0.1) is 0 Å². The monoisotopic (exact) mass is 265 g/mol. The van der Waals surface area contributed by atoms with Crippen molar-refractivity contribution in [1.82, 2.24) is 4.90 Å². The Kier molecular flexibility index (Phi) is 3.85. The van der Waals surface area contributed by atoms with E-state index in [4.69, 9.17) is 0 Å². The molecular formula is C9H16IN. The Labute approximate surface area is 83.0 Å². The molecular weight excluding hydrogens is 249 g/mol. The summed E-state index contributed by atoms with van der Waals surface area (Å²) < 4.78 is 0.669. The highest BCUT2D eigenvalue weighted by Crippen LogP contribution is 2.19. The van der Waals surface area contributed by atoms with Crippen LogP contribution in [0.25, 0.3) is 0 Å². The highest BCUT2D eigenvalue weighted by atomic mass is 127. The van der Waals surface area contributed by atoms with Crippen LogP contribution in [0.15, 0.2) is 12.2 Å². The Balaban J connectivity index is 2.56. The normalized spacial score (nSPS) is 28.8. The summed E-state index contributed by atoms with van der Waals surface area (Å²) in [5.74, 6) is 0. The maximum atomic E-state index is 2.56. The first-order valence-electron chi connectivity index (χ1n) is 4.32. The van der Waals surface area contributed by atoms with Crippen molar-refractivity contribution in [2.45, 2.75) is 36.8 Å². The van der Waals surface area contributed by atoms with E-state index in [1.54, 1.807) is 0 Å². The Morgan fingerprint density at radius 3 is 2.91 bits per heavy atom. The van der Waals surface area contributed by atoms with Crippen LogP contribution < -0.4 is 0 Å². The van der Waals surface area contributed by atoms with E-state index in [0.29, 0.717) is 10.1 Å². The standard InChI is InChI=1S/C9H16IN/c1-3-9-6-4-5-7-11(9)8(2)10/h4,6,8-9H,3,5,7H2,1-2H3/t8?,9-/m1/s1. The first kappa shape index (κ1) is 9.52. The molecule has 0 saturated heterocycles. The minimum atomic E-state index is 0.669. The number of nitrogens with zero attached hydrogens (tertiary/aromatic N) is 1. The fourth-order valence-electron chi connectivity index (χ4n) is 1.57. The molecule has 0 saturated carbocycles. The van der Waals surface area contributed by atoms with Gasteiger partial charge in [-0.25, -0.2) is 0 Å². The van der Waals surface area contributed by atoms with Crippen molar-refractivity contribution in [3.8, 4) is 0 Å². The molecule has 0 aliphatic carbocycles. The van der Waals surface area contributed by atoms with E-state index in [2.05, 4.69) is 53.5 Å². The summed E-state index contributed by atoms with van der Waals surface area (Å²) >= 11 is 2.49. The lowest BCUT2D eigenvalue weighted by Crippen LogP contribution is -2.39. The second kappa shape index (κ2) is 4.45. The van der Waals surface area contributed by atoms with Crippen LogP contribution in [-0.4, -0.2) is 21.5 Å². The van der Waals surface area contributed by atoms with Gasteiger partial charge in [-0.2, -0.15) is 0 Å². The lowest BCUT2D eigenvalue weighted by molar-refractivity contribution is 0.220. The molecule has 1 heterocycles. The van der Waals surface area contributed by atoms with E-state index in [0.717, 1.165) is 0 Å². The van der Waals surface area contributed by atoms with Gasteiger partial charge >= 0.3 is 0 Å². The van der Waals surface area contributed by atoms with Gasteiger partial charge in [-0.1, -0.05) is 41.7 Å². The molecule has 0 aromatic carbocycles. The van der Waals surface area contributed by atoms with Crippen molar-refractivity contribution in [3.05, 3.63) is 12.2 Å². The molecule has 0 radical (unpaired) electrons. The molecule has 0 aromatic rings. The van der Waals surface area contributed by atoms with Crippen LogP contribution in [-0.2, 0) is 0 Å². The summed E-state index contributed by atoms with van der Waals surface area (Å²) in [6.07, 6.45) is 7.12. The molecule has 1 aliphatic heterocycles. The Hall–Kier alpha value is 0.430. The molecule has 0 amide bonds. The average molecular weight is 265 g/mol. The zero-order valence-electron chi connectivity index (χ0n) is 7.26. The van der Waals surface area contributed by atoms with Crippen LogP contribution in [0.2, 0.25) is 0 Å². The first-order chi connectivity index (χ1) is 5.25. The zero-order valence-corrected chi connectivity index (χ0v) is 9.41. The highest BCUT2D eigenvalue weighted by molar-refractivity contribution is 14.1. The summed E-state index contributed by atoms with van der Waals surface area (Å²) in [6.45, 7) is 5.76. The topological polar surface area (TPSA) is 3.24 Å². The Morgan fingerprint density at radius 2 is 2.45 bits per heavy atom. The van der Waals surface area contributed by atoms with Crippen LogP contribution in [0.1, 0.15) is 26.7 Å². The van der Waals surface area contributed by atoms with Gasteiger partial charge in [0.2, 0.25) is 0 Å². The van der Waals surface area contributed by atoms with Crippen molar-refractivity contribution in [1.29, 1.82) is 0 Å². The SMILES string of the molecule is CC[C@@H]1C=CCCN1C(C)I. The third-order valence-electron chi connectivity index (χ3n) is 2.21. The Bertz CT molecular complexity index is 142. The molecule has 0 spiro atoms. The number of hydrogen-bond acceptors (Lipinski definition) is 1. The average Bonchev–Trinajstić information content (AvgIpc) is 2.04. The first-order valence-corrected chi connectivity index (χ1v) is 5.56. The molecule has 1 rings (SSSR count). The molecule has 1 unspecified atom stereocenters.